The van der Waals surface area contributed by atoms with Gasteiger partial charge in [-0.05, 0) is 53.7 Å². The quantitative estimate of drug-likeness (QED) is 0.366. The van der Waals surface area contributed by atoms with Gasteiger partial charge in [-0.15, -0.1) is 0 Å². The molecule has 0 aromatic heterocycles. The second-order valence-electron chi connectivity index (χ2n) is 9.91. The van der Waals surface area contributed by atoms with E-state index in [0.29, 0.717) is 0 Å². The van der Waals surface area contributed by atoms with Crippen LogP contribution in [0, 0.1) is 0 Å². The number of nitrogens with zero attached hydrogens (tertiary/aromatic N) is 2. The third kappa shape index (κ3) is 5.04. The lowest BCUT2D eigenvalue weighted by molar-refractivity contribution is -0.218. The molecule has 11 heteroatoms. The Bertz CT molecular complexity index is 1000. The van der Waals surface area contributed by atoms with Crippen molar-refractivity contribution in [1.29, 1.82) is 0 Å². The maximum atomic E-state index is 13.3. The molecule has 2 heterocycles. The Labute approximate surface area is 196 Å². The van der Waals surface area contributed by atoms with E-state index in [9.17, 15) is 24.0 Å². The van der Waals surface area contributed by atoms with E-state index in [4.69, 9.17) is 19.0 Å². The van der Waals surface area contributed by atoms with E-state index in [0.717, 1.165) is 4.90 Å². The Morgan fingerprint density at radius 2 is 1.41 bits per heavy atom. The highest BCUT2D eigenvalue weighted by Crippen LogP contribution is 2.29. The molecule has 1 aromatic rings. The molecule has 3 amide bonds. The lowest BCUT2D eigenvalue weighted by Gasteiger charge is -2.40. The fourth-order valence-corrected chi connectivity index (χ4v) is 3.30. The lowest BCUT2D eigenvalue weighted by Crippen LogP contribution is -2.65. The molecule has 0 radical (unpaired) electrons. The Kier molecular flexibility index (Phi) is 6.45. The predicted molar refractivity (Wildman–Crippen MR) is 115 cm³/mol. The summed E-state index contributed by atoms with van der Waals surface area (Å²) in [6, 6.07) is 5.93. The number of fused-ring (bicyclic) bond motifs is 1. The fourth-order valence-electron chi connectivity index (χ4n) is 3.30. The first-order chi connectivity index (χ1) is 15.6. The van der Waals surface area contributed by atoms with E-state index >= 15 is 0 Å². The van der Waals surface area contributed by atoms with Crippen LogP contribution in [0.25, 0.3) is 0 Å². The topological polar surface area (TPSA) is 129 Å². The van der Waals surface area contributed by atoms with Gasteiger partial charge in [0.2, 0.25) is 0 Å². The van der Waals surface area contributed by atoms with Crippen LogP contribution in [0.4, 0.5) is 4.79 Å². The van der Waals surface area contributed by atoms with Gasteiger partial charge in [-0.2, -0.15) is 0 Å². The van der Waals surface area contributed by atoms with Gasteiger partial charge in [-0.3, -0.25) is 9.59 Å². The Hall–Kier alpha value is -3.47. The summed E-state index contributed by atoms with van der Waals surface area (Å²) in [4.78, 5) is 70.7. The van der Waals surface area contributed by atoms with Crippen LogP contribution in [0.15, 0.2) is 24.3 Å². The van der Waals surface area contributed by atoms with Gasteiger partial charge >= 0.3 is 18.0 Å². The SMILES string of the molecule is CC(C)(C)OC(=O)N1CCOC(C(=O)ON2C(=O)c3ccccc3C2=O)(C(=O)OC(C)(C)C)C1. The summed E-state index contributed by atoms with van der Waals surface area (Å²) in [7, 11) is 0. The van der Waals surface area contributed by atoms with Crippen LogP contribution in [-0.4, -0.2) is 76.3 Å². The first kappa shape index (κ1) is 25.2. The molecule has 1 fully saturated rings. The first-order valence-electron chi connectivity index (χ1n) is 10.7. The number of benzene rings is 1. The van der Waals surface area contributed by atoms with E-state index in [1.54, 1.807) is 53.7 Å². The van der Waals surface area contributed by atoms with E-state index in [1.165, 1.54) is 12.1 Å². The number of carbonyl (C=O) groups is 5. The van der Waals surface area contributed by atoms with Crippen molar-refractivity contribution in [2.24, 2.45) is 0 Å². The number of imide groups is 1. The number of rotatable bonds is 3. The van der Waals surface area contributed by atoms with Crippen LogP contribution in [-0.2, 0) is 28.6 Å². The molecule has 34 heavy (non-hydrogen) atoms. The monoisotopic (exact) mass is 476 g/mol. The maximum absolute atomic E-state index is 13.3. The van der Waals surface area contributed by atoms with Crippen molar-refractivity contribution in [3.8, 4) is 0 Å². The molecule has 3 rings (SSSR count). The Balaban J connectivity index is 1.91. The molecule has 1 unspecified atom stereocenters. The second kappa shape index (κ2) is 8.71. The van der Waals surface area contributed by atoms with Gasteiger partial charge in [0.1, 0.15) is 11.2 Å². The Morgan fingerprint density at radius 3 is 1.91 bits per heavy atom. The van der Waals surface area contributed by atoms with Crippen LogP contribution in [0.3, 0.4) is 0 Å². The molecule has 0 N–H and O–H groups in total. The number of morpholine rings is 1. The van der Waals surface area contributed by atoms with Crippen LogP contribution in [0.2, 0.25) is 0 Å². The third-order valence-corrected chi connectivity index (χ3v) is 4.76. The van der Waals surface area contributed by atoms with Gasteiger partial charge in [-0.1, -0.05) is 17.2 Å². The minimum Gasteiger partial charge on any atom is -0.457 e. The molecule has 1 saturated heterocycles. The fraction of sp³-hybridized carbons (Fsp3) is 0.522. The van der Waals surface area contributed by atoms with Crippen LogP contribution in [0.1, 0.15) is 62.3 Å². The number of amides is 3. The van der Waals surface area contributed by atoms with Crippen molar-refractivity contribution in [2.45, 2.75) is 58.3 Å². The van der Waals surface area contributed by atoms with Crippen molar-refractivity contribution >= 4 is 29.8 Å². The molecular formula is C23H28N2O9. The highest BCUT2D eigenvalue weighted by Gasteiger charge is 2.57. The number of esters is 1. The van der Waals surface area contributed by atoms with Crippen LogP contribution in [0.5, 0.6) is 0 Å². The standard InChI is InChI=1S/C23H28N2O9/c1-21(2,3)32-18(28)23(13-24(11-12-31-23)20(30)33-22(4,5)6)19(29)34-25-16(26)14-9-7-8-10-15(14)17(25)27/h7-10H,11-13H2,1-6H3. The summed E-state index contributed by atoms with van der Waals surface area (Å²) in [5.41, 5.74) is -4.20. The first-order valence-corrected chi connectivity index (χ1v) is 10.7. The number of hydroxylamine groups is 2. The van der Waals surface area contributed by atoms with Crippen molar-refractivity contribution in [3.05, 3.63) is 35.4 Å². The summed E-state index contributed by atoms with van der Waals surface area (Å²) in [5.74, 6) is -4.24. The van der Waals surface area contributed by atoms with Crippen LogP contribution < -0.4 is 0 Å². The maximum Gasteiger partial charge on any atom is 0.410 e. The lowest BCUT2D eigenvalue weighted by atomic mass is 10.0. The zero-order valence-electron chi connectivity index (χ0n) is 20.0. The van der Waals surface area contributed by atoms with Gasteiger partial charge in [0.25, 0.3) is 17.4 Å². The molecule has 1 atom stereocenters. The summed E-state index contributed by atoms with van der Waals surface area (Å²) in [6.45, 7) is 8.97. The zero-order valence-corrected chi connectivity index (χ0v) is 20.0. The van der Waals surface area contributed by atoms with Crippen molar-refractivity contribution in [3.63, 3.8) is 0 Å². The molecule has 2 aliphatic rings. The molecule has 0 spiro atoms. The van der Waals surface area contributed by atoms with Crippen LogP contribution >= 0.6 is 0 Å². The molecule has 0 bridgehead atoms. The number of carbonyl (C=O) groups excluding carboxylic acids is 5. The average Bonchev–Trinajstić information content (AvgIpc) is 2.96. The average molecular weight is 476 g/mol. The van der Waals surface area contributed by atoms with Gasteiger partial charge in [-0.25, -0.2) is 14.4 Å². The van der Waals surface area contributed by atoms with Gasteiger partial charge in [0.05, 0.1) is 24.3 Å². The van der Waals surface area contributed by atoms with Crippen molar-refractivity contribution < 1.29 is 43.0 Å². The number of ether oxygens (including phenoxy) is 3. The van der Waals surface area contributed by atoms with E-state index in [1.807, 2.05) is 0 Å². The van der Waals surface area contributed by atoms with Gasteiger partial charge in [0.15, 0.2) is 0 Å². The van der Waals surface area contributed by atoms with Gasteiger partial charge < -0.3 is 23.9 Å². The number of hydrogen-bond donors (Lipinski definition) is 0. The molecular weight excluding hydrogens is 448 g/mol. The molecule has 0 aliphatic carbocycles. The highest BCUT2D eigenvalue weighted by atomic mass is 16.7. The zero-order chi connectivity index (χ0) is 25.5. The normalized spacial score (nSPS) is 20.6. The molecule has 0 saturated carbocycles. The van der Waals surface area contributed by atoms with Gasteiger partial charge in [0, 0.05) is 6.54 Å². The predicted octanol–water partition coefficient (Wildman–Crippen LogP) is 2.09. The Morgan fingerprint density at radius 1 is 0.882 bits per heavy atom. The summed E-state index contributed by atoms with van der Waals surface area (Å²) in [6.07, 6.45) is -0.780. The van der Waals surface area contributed by atoms with Crippen molar-refractivity contribution in [2.75, 3.05) is 19.7 Å². The minimum absolute atomic E-state index is 0.0275. The van der Waals surface area contributed by atoms with E-state index in [-0.39, 0.29) is 29.3 Å². The molecule has 184 valence electrons. The van der Waals surface area contributed by atoms with E-state index < -0.39 is 53.2 Å². The molecule has 2 aliphatic heterocycles. The molecule has 11 nitrogen and oxygen atoms in total. The summed E-state index contributed by atoms with van der Waals surface area (Å²) >= 11 is 0. The van der Waals surface area contributed by atoms with E-state index in [2.05, 4.69) is 0 Å². The number of hydrogen-bond acceptors (Lipinski definition) is 9. The smallest absolute Gasteiger partial charge is 0.410 e. The summed E-state index contributed by atoms with van der Waals surface area (Å²) in [5, 5.41) is 0.273. The highest BCUT2D eigenvalue weighted by molar-refractivity contribution is 6.21. The largest absolute Gasteiger partial charge is 0.457 e. The molecule has 1 aromatic carbocycles. The second-order valence-corrected chi connectivity index (χ2v) is 9.91. The minimum atomic E-state index is -2.45. The van der Waals surface area contributed by atoms with Crippen molar-refractivity contribution in [1.82, 2.24) is 9.96 Å². The summed E-state index contributed by atoms with van der Waals surface area (Å²) < 4.78 is 16.3. The third-order valence-electron chi connectivity index (χ3n) is 4.76.